The molecule has 5 rings (SSSR count). The van der Waals surface area contributed by atoms with E-state index in [1.807, 2.05) is 36.4 Å². The summed E-state index contributed by atoms with van der Waals surface area (Å²) in [5, 5.41) is 10.7. The van der Waals surface area contributed by atoms with E-state index < -0.39 is 0 Å². The molecule has 37 heavy (non-hydrogen) atoms. The Balaban J connectivity index is 1.49. The first-order chi connectivity index (χ1) is 18.1. The summed E-state index contributed by atoms with van der Waals surface area (Å²) < 4.78 is 30.2. The van der Waals surface area contributed by atoms with Crippen molar-refractivity contribution in [3.8, 4) is 23.0 Å². The van der Waals surface area contributed by atoms with Crippen LogP contribution in [0.3, 0.4) is 0 Å². The minimum atomic E-state index is -0.281. The lowest BCUT2D eigenvalue weighted by Crippen LogP contribution is -2.26. The number of halogens is 2. The predicted octanol–water partition coefficient (Wildman–Crippen LogP) is 6.61. The van der Waals surface area contributed by atoms with Crippen molar-refractivity contribution in [3.63, 3.8) is 0 Å². The maximum absolute atomic E-state index is 12.5. The Hall–Kier alpha value is -3.22. The Morgan fingerprint density at radius 1 is 1.05 bits per heavy atom. The molecule has 1 N–H and O–H groups in total. The maximum Gasteiger partial charge on any atom is 0.130 e. The van der Waals surface area contributed by atoms with E-state index in [9.17, 15) is 9.50 Å². The summed E-state index contributed by atoms with van der Waals surface area (Å²) in [6, 6.07) is 19.0. The maximum atomic E-state index is 12.5. The number of aromatic hydroxyl groups is 1. The number of hydrogen-bond donors (Lipinski definition) is 1. The van der Waals surface area contributed by atoms with Crippen molar-refractivity contribution in [2.45, 2.75) is 25.4 Å². The number of ether oxygens (including phenoxy) is 3. The van der Waals surface area contributed by atoms with Gasteiger partial charge in [-0.15, -0.1) is 0 Å². The van der Waals surface area contributed by atoms with E-state index in [0.717, 1.165) is 59.6 Å². The molecule has 0 aromatic heterocycles. The second-order valence-electron chi connectivity index (χ2n) is 9.37. The first-order valence-electron chi connectivity index (χ1n) is 12.6. The molecule has 1 fully saturated rings. The van der Waals surface area contributed by atoms with Crippen molar-refractivity contribution in [2.75, 3.05) is 40.0 Å². The first-order valence-corrected chi connectivity index (χ1v) is 13.0. The smallest absolute Gasteiger partial charge is 0.130 e. The molecule has 5 nitrogen and oxygen atoms in total. The summed E-state index contributed by atoms with van der Waals surface area (Å²) in [7, 11) is 1.62. The fraction of sp³-hybridized carbons (Fsp3) is 0.333. The highest BCUT2D eigenvalue weighted by molar-refractivity contribution is 6.33. The molecular formula is C30H31ClFNO4. The van der Waals surface area contributed by atoms with E-state index in [1.54, 1.807) is 19.2 Å². The van der Waals surface area contributed by atoms with Gasteiger partial charge in [-0.05, 0) is 77.6 Å². The topological polar surface area (TPSA) is 51.2 Å². The van der Waals surface area contributed by atoms with E-state index in [0.29, 0.717) is 36.0 Å². The van der Waals surface area contributed by atoms with Gasteiger partial charge in [0.25, 0.3) is 0 Å². The number of fused-ring (bicyclic) bond motifs is 1. The van der Waals surface area contributed by atoms with Gasteiger partial charge in [-0.3, -0.25) is 9.29 Å². The number of benzene rings is 3. The molecule has 2 heterocycles. The number of nitrogens with zero attached hydrogens (tertiary/aromatic N) is 1. The molecule has 0 radical (unpaired) electrons. The van der Waals surface area contributed by atoms with Crippen LogP contribution in [0, 0.1) is 0 Å². The number of likely N-dealkylation sites (tertiary alicyclic amines) is 1. The van der Waals surface area contributed by atoms with Crippen molar-refractivity contribution in [1.82, 2.24) is 4.90 Å². The van der Waals surface area contributed by atoms with Crippen LogP contribution >= 0.6 is 11.6 Å². The lowest BCUT2D eigenvalue weighted by atomic mass is 9.88. The zero-order chi connectivity index (χ0) is 25.8. The van der Waals surface area contributed by atoms with Gasteiger partial charge in [0.2, 0.25) is 0 Å². The second kappa shape index (κ2) is 11.4. The Labute approximate surface area is 222 Å². The largest absolute Gasteiger partial charge is 0.508 e. The van der Waals surface area contributed by atoms with Crippen molar-refractivity contribution in [3.05, 3.63) is 82.4 Å². The van der Waals surface area contributed by atoms with E-state index in [-0.39, 0.29) is 18.5 Å². The highest BCUT2D eigenvalue weighted by Gasteiger charge is 2.25. The van der Waals surface area contributed by atoms with E-state index in [1.165, 1.54) is 0 Å². The number of hydrogen-bond acceptors (Lipinski definition) is 5. The SMILES string of the molecule is COc1ccc(C2=C(c3ccc(O[C@H]4CCN(CCCF)C4)cc3)c3ccc(O)cc3OCC2)c(Cl)c1. The number of rotatable bonds is 8. The fourth-order valence-electron chi connectivity index (χ4n) is 5.13. The summed E-state index contributed by atoms with van der Waals surface area (Å²) in [5.74, 6) is 2.29. The molecule has 3 aromatic rings. The number of methoxy groups -OCH3 is 1. The van der Waals surface area contributed by atoms with Gasteiger partial charge >= 0.3 is 0 Å². The summed E-state index contributed by atoms with van der Waals surface area (Å²) in [4.78, 5) is 2.26. The van der Waals surface area contributed by atoms with Gasteiger partial charge in [-0.2, -0.15) is 0 Å². The molecule has 0 spiro atoms. The molecule has 0 amide bonds. The predicted molar refractivity (Wildman–Crippen MR) is 145 cm³/mol. The fourth-order valence-corrected chi connectivity index (χ4v) is 5.41. The van der Waals surface area contributed by atoms with Gasteiger partial charge < -0.3 is 19.3 Å². The highest BCUT2D eigenvalue weighted by Crippen LogP contribution is 2.44. The van der Waals surface area contributed by atoms with Gasteiger partial charge in [0.05, 0.1) is 25.4 Å². The van der Waals surface area contributed by atoms with E-state index in [4.69, 9.17) is 25.8 Å². The van der Waals surface area contributed by atoms with Crippen LogP contribution < -0.4 is 14.2 Å². The molecule has 1 atom stereocenters. The van der Waals surface area contributed by atoms with E-state index >= 15 is 0 Å². The Bertz CT molecular complexity index is 1280. The highest BCUT2D eigenvalue weighted by atomic mass is 35.5. The van der Waals surface area contributed by atoms with Crippen LogP contribution in [-0.4, -0.2) is 56.1 Å². The van der Waals surface area contributed by atoms with Crippen LogP contribution in [0.4, 0.5) is 4.39 Å². The van der Waals surface area contributed by atoms with Crippen LogP contribution in [0.2, 0.25) is 5.02 Å². The lowest BCUT2D eigenvalue weighted by molar-refractivity contribution is 0.198. The van der Waals surface area contributed by atoms with Gasteiger partial charge in [-0.1, -0.05) is 23.7 Å². The molecule has 0 aliphatic carbocycles. The van der Waals surface area contributed by atoms with Crippen LogP contribution in [-0.2, 0) is 0 Å². The van der Waals surface area contributed by atoms with Crippen molar-refractivity contribution < 1.29 is 23.7 Å². The molecule has 3 aromatic carbocycles. The van der Waals surface area contributed by atoms with Crippen molar-refractivity contribution in [1.29, 1.82) is 0 Å². The number of phenols is 1. The summed E-state index contributed by atoms with van der Waals surface area (Å²) in [5.41, 5.74) is 4.88. The van der Waals surface area contributed by atoms with Gasteiger partial charge in [0.15, 0.2) is 0 Å². The van der Waals surface area contributed by atoms with Crippen LogP contribution in [0.1, 0.15) is 36.0 Å². The molecule has 0 unspecified atom stereocenters. The Morgan fingerprint density at radius 2 is 1.84 bits per heavy atom. The van der Waals surface area contributed by atoms with Crippen LogP contribution in [0.25, 0.3) is 11.1 Å². The van der Waals surface area contributed by atoms with E-state index in [2.05, 4.69) is 17.0 Å². The Kier molecular flexibility index (Phi) is 7.87. The summed E-state index contributed by atoms with van der Waals surface area (Å²) in [6.07, 6.45) is 2.26. The van der Waals surface area contributed by atoms with Crippen molar-refractivity contribution in [2.24, 2.45) is 0 Å². The van der Waals surface area contributed by atoms with Gasteiger partial charge in [0, 0.05) is 37.7 Å². The zero-order valence-corrected chi connectivity index (χ0v) is 21.6. The van der Waals surface area contributed by atoms with Crippen LogP contribution in [0.15, 0.2) is 60.7 Å². The van der Waals surface area contributed by atoms with Crippen molar-refractivity contribution >= 4 is 22.7 Å². The third kappa shape index (κ3) is 5.71. The van der Waals surface area contributed by atoms with Gasteiger partial charge in [-0.25, -0.2) is 0 Å². The second-order valence-corrected chi connectivity index (χ2v) is 9.78. The monoisotopic (exact) mass is 523 g/mol. The molecule has 194 valence electrons. The van der Waals surface area contributed by atoms with Gasteiger partial charge in [0.1, 0.15) is 29.1 Å². The molecule has 0 bridgehead atoms. The molecule has 1 saturated heterocycles. The standard InChI is InChI=1S/C30H31ClFNO4/c1-35-23-8-10-25(28(31)18-23)26-12-16-36-29-17-21(34)5-9-27(29)30(26)20-3-6-22(7-4-20)37-24-11-15-33(19-24)14-2-13-32/h3-10,17-18,24,34H,2,11-16,19H2,1H3/t24-/m0/s1. The summed E-state index contributed by atoms with van der Waals surface area (Å²) >= 11 is 6.72. The Morgan fingerprint density at radius 3 is 2.59 bits per heavy atom. The van der Waals surface area contributed by atoms with Crippen LogP contribution in [0.5, 0.6) is 23.0 Å². The average Bonchev–Trinajstić information content (AvgIpc) is 3.27. The normalized spacial score (nSPS) is 17.8. The molecule has 0 saturated carbocycles. The minimum Gasteiger partial charge on any atom is -0.508 e. The average molecular weight is 524 g/mol. The first kappa shape index (κ1) is 25.4. The number of alkyl halides is 1. The number of phenolic OH excluding ortho intramolecular Hbond substituents is 1. The third-order valence-corrected chi connectivity index (χ3v) is 7.24. The minimum absolute atomic E-state index is 0.105. The molecule has 2 aliphatic rings. The molecular weight excluding hydrogens is 493 g/mol. The summed E-state index contributed by atoms with van der Waals surface area (Å²) in [6.45, 7) is 2.71. The lowest BCUT2D eigenvalue weighted by Gasteiger charge is -2.18. The zero-order valence-electron chi connectivity index (χ0n) is 20.9. The molecule has 2 aliphatic heterocycles. The molecule has 7 heteroatoms. The quantitative estimate of drug-likeness (QED) is 0.360. The third-order valence-electron chi connectivity index (χ3n) is 6.93.